The molecule has 0 saturated carbocycles. The van der Waals surface area contributed by atoms with Crippen LogP contribution in [0.5, 0.6) is 0 Å². The third-order valence-electron chi connectivity index (χ3n) is 2.27. The van der Waals surface area contributed by atoms with Crippen LogP contribution in [0.1, 0.15) is 27.5 Å². The minimum absolute atomic E-state index is 0.0321. The minimum atomic E-state index is -0.0321. The van der Waals surface area contributed by atoms with E-state index in [2.05, 4.69) is 33.2 Å². The van der Waals surface area contributed by atoms with Gasteiger partial charge in [-0.05, 0) is 27.4 Å². The van der Waals surface area contributed by atoms with Crippen LogP contribution in [0.2, 0.25) is 0 Å². The highest BCUT2D eigenvalue weighted by Gasteiger charge is 2.14. The molecule has 3 nitrogen and oxygen atoms in total. The van der Waals surface area contributed by atoms with E-state index in [1.54, 1.807) is 17.5 Å². The molecule has 0 bridgehead atoms. The lowest BCUT2D eigenvalue weighted by molar-refractivity contribution is 0.0955. The molecule has 2 rings (SSSR count). The molecule has 0 spiro atoms. The Morgan fingerprint density at radius 1 is 1.53 bits per heavy atom. The van der Waals surface area contributed by atoms with E-state index in [9.17, 15) is 4.79 Å². The fourth-order valence-corrected chi connectivity index (χ4v) is 3.51. The van der Waals surface area contributed by atoms with E-state index < -0.39 is 0 Å². The van der Waals surface area contributed by atoms with E-state index >= 15 is 0 Å². The predicted molar refractivity (Wildman–Crippen MR) is 74.9 cm³/mol. The standard InChI is InChI=1S/C11H11BrN2OS2/c1-7(11-13-3-5-17-11)6-14-10(15)9-8(12)2-4-16-9/h2-5,7H,6H2,1H3,(H,14,15). The predicted octanol–water partition coefficient (Wildman–Crippen LogP) is 3.50. The molecule has 1 atom stereocenters. The molecule has 6 heteroatoms. The molecule has 1 unspecified atom stereocenters. The van der Waals surface area contributed by atoms with Gasteiger partial charge >= 0.3 is 0 Å². The highest BCUT2D eigenvalue weighted by Crippen LogP contribution is 2.22. The van der Waals surface area contributed by atoms with Gasteiger partial charge in [-0.15, -0.1) is 22.7 Å². The van der Waals surface area contributed by atoms with Crippen LogP contribution in [-0.2, 0) is 0 Å². The lowest BCUT2D eigenvalue weighted by atomic mass is 10.2. The van der Waals surface area contributed by atoms with Crippen LogP contribution >= 0.6 is 38.6 Å². The second-order valence-corrected chi connectivity index (χ2v) is 6.28. The lowest BCUT2D eigenvalue weighted by Crippen LogP contribution is -2.27. The molecule has 1 N–H and O–H groups in total. The Balaban J connectivity index is 1.91. The van der Waals surface area contributed by atoms with E-state index in [4.69, 9.17) is 0 Å². The van der Waals surface area contributed by atoms with Crippen molar-refractivity contribution in [1.82, 2.24) is 10.3 Å². The van der Waals surface area contributed by atoms with Crippen LogP contribution in [-0.4, -0.2) is 17.4 Å². The van der Waals surface area contributed by atoms with Gasteiger partial charge in [0.2, 0.25) is 0 Å². The number of nitrogens with zero attached hydrogens (tertiary/aromatic N) is 1. The molecule has 17 heavy (non-hydrogen) atoms. The number of halogens is 1. The molecule has 0 aliphatic carbocycles. The summed E-state index contributed by atoms with van der Waals surface area (Å²) in [5.74, 6) is 0.216. The Labute approximate surface area is 116 Å². The van der Waals surface area contributed by atoms with Crippen molar-refractivity contribution < 1.29 is 4.79 Å². The van der Waals surface area contributed by atoms with E-state index in [-0.39, 0.29) is 11.8 Å². The normalized spacial score (nSPS) is 12.4. The number of hydrogen-bond donors (Lipinski definition) is 1. The molecular formula is C11H11BrN2OS2. The highest BCUT2D eigenvalue weighted by atomic mass is 79.9. The van der Waals surface area contributed by atoms with Crippen molar-refractivity contribution >= 4 is 44.5 Å². The minimum Gasteiger partial charge on any atom is -0.351 e. The first-order chi connectivity index (χ1) is 8.18. The van der Waals surface area contributed by atoms with E-state index in [1.807, 2.05) is 16.8 Å². The molecular weight excluding hydrogens is 320 g/mol. The molecule has 2 heterocycles. The van der Waals surface area contributed by atoms with Gasteiger partial charge in [0.25, 0.3) is 5.91 Å². The van der Waals surface area contributed by atoms with Gasteiger partial charge in [0, 0.05) is 28.5 Å². The molecule has 0 aromatic carbocycles. The largest absolute Gasteiger partial charge is 0.351 e. The van der Waals surface area contributed by atoms with Gasteiger partial charge in [-0.25, -0.2) is 4.98 Å². The smallest absolute Gasteiger partial charge is 0.262 e. The molecule has 0 aliphatic heterocycles. The number of thiazole rings is 1. The molecule has 0 saturated heterocycles. The summed E-state index contributed by atoms with van der Waals surface area (Å²) in [7, 11) is 0. The van der Waals surface area contributed by atoms with Crippen molar-refractivity contribution in [3.05, 3.63) is 37.4 Å². The number of carbonyl (C=O) groups excluding carboxylic acids is 1. The zero-order valence-corrected chi connectivity index (χ0v) is 12.4. The summed E-state index contributed by atoms with van der Waals surface area (Å²) in [6.45, 7) is 2.67. The van der Waals surface area contributed by atoms with Crippen molar-refractivity contribution in [2.75, 3.05) is 6.54 Å². The molecule has 0 radical (unpaired) electrons. The number of carbonyl (C=O) groups is 1. The van der Waals surface area contributed by atoms with Crippen LogP contribution < -0.4 is 5.32 Å². The number of amides is 1. The summed E-state index contributed by atoms with van der Waals surface area (Å²) < 4.78 is 0.849. The fourth-order valence-electron chi connectivity index (χ4n) is 1.35. The Morgan fingerprint density at radius 2 is 2.35 bits per heavy atom. The van der Waals surface area contributed by atoms with E-state index in [0.29, 0.717) is 6.54 Å². The number of hydrogen-bond acceptors (Lipinski definition) is 4. The Hall–Kier alpha value is -0.720. The highest BCUT2D eigenvalue weighted by molar-refractivity contribution is 9.10. The molecule has 1 amide bonds. The SMILES string of the molecule is CC(CNC(=O)c1sccc1Br)c1nccs1. The van der Waals surface area contributed by atoms with Gasteiger partial charge in [-0.3, -0.25) is 4.79 Å². The summed E-state index contributed by atoms with van der Waals surface area (Å²) in [4.78, 5) is 16.8. The van der Waals surface area contributed by atoms with Crippen LogP contribution in [0.15, 0.2) is 27.5 Å². The van der Waals surface area contributed by atoms with Gasteiger partial charge in [-0.1, -0.05) is 6.92 Å². The quantitative estimate of drug-likeness (QED) is 0.932. The first kappa shape index (κ1) is 12.7. The van der Waals surface area contributed by atoms with Gasteiger partial charge in [-0.2, -0.15) is 0 Å². The number of thiophene rings is 1. The van der Waals surface area contributed by atoms with Crippen LogP contribution in [0.3, 0.4) is 0 Å². The Morgan fingerprint density at radius 3 is 2.94 bits per heavy atom. The summed E-state index contributed by atoms with van der Waals surface area (Å²) in [5, 5.41) is 7.81. The van der Waals surface area contributed by atoms with Crippen molar-refractivity contribution in [1.29, 1.82) is 0 Å². The molecule has 2 aromatic rings. The third kappa shape index (κ3) is 3.14. The first-order valence-corrected chi connectivity index (χ1v) is 7.64. The molecule has 90 valence electrons. The topological polar surface area (TPSA) is 42.0 Å². The van der Waals surface area contributed by atoms with Gasteiger partial charge in [0.1, 0.15) is 4.88 Å². The summed E-state index contributed by atoms with van der Waals surface area (Å²) in [6.07, 6.45) is 1.79. The summed E-state index contributed by atoms with van der Waals surface area (Å²) >= 11 is 6.40. The molecule has 0 fully saturated rings. The second kappa shape index (κ2) is 5.75. The maximum Gasteiger partial charge on any atom is 0.262 e. The second-order valence-electron chi connectivity index (χ2n) is 3.58. The fraction of sp³-hybridized carbons (Fsp3) is 0.273. The average molecular weight is 331 g/mol. The zero-order chi connectivity index (χ0) is 12.3. The molecule has 0 aliphatic rings. The van der Waals surface area contributed by atoms with Crippen molar-refractivity contribution in [3.8, 4) is 0 Å². The summed E-state index contributed by atoms with van der Waals surface area (Å²) in [5.41, 5.74) is 0. The zero-order valence-electron chi connectivity index (χ0n) is 9.14. The van der Waals surface area contributed by atoms with Gasteiger partial charge < -0.3 is 5.32 Å². The van der Waals surface area contributed by atoms with E-state index in [1.165, 1.54) is 11.3 Å². The molecule has 2 aromatic heterocycles. The number of rotatable bonds is 4. The maximum atomic E-state index is 11.9. The van der Waals surface area contributed by atoms with Crippen LogP contribution in [0.25, 0.3) is 0 Å². The van der Waals surface area contributed by atoms with E-state index in [0.717, 1.165) is 14.4 Å². The third-order valence-corrected chi connectivity index (χ3v) is 5.11. The van der Waals surface area contributed by atoms with Gasteiger partial charge in [0.05, 0.1) is 5.01 Å². The Bertz CT molecular complexity index is 495. The van der Waals surface area contributed by atoms with Crippen molar-refractivity contribution in [3.63, 3.8) is 0 Å². The van der Waals surface area contributed by atoms with Crippen LogP contribution in [0.4, 0.5) is 0 Å². The monoisotopic (exact) mass is 330 g/mol. The van der Waals surface area contributed by atoms with Gasteiger partial charge in [0.15, 0.2) is 0 Å². The number of aromatic nitrogens is 1. The Kier molecular flexibility index (Phi) is 4.31. The number of nitrogens with one attached hydrogen (secondary N) is 1. The lowest BCUT2D eigenvalue weighted by Gasteiger charge is -2.09. The first-order valence-electron chi connectivity index (χ1n) is 5.09. The maximum absolute atomic E-state index is 11.9. The summed E-state index contributed by atoms with van der Waals surface area (Å²) in [6, 6.07) is 1.88. The van der Waals surface area contributed by atoms with Crippen LogP contribution in [0, 0.1) is 0 Å². The average Bonchev–Trinajstić information content (AvgIpc) is 2.95. The van der Waals surface area contributed by atoms with Crippen molar-refractivity contribution in [2.45, 2.75) is 12.8 Å². The van der Waals surface area contributed by atoms with Crippen molar-refractivity contribution in [2.24, 2.45) is 0 Å².